The van der Waals surface area contributed by atoms with Gasteiger partial charge in [0, 0.05) is 6.42 Å². The molecule has 0 saturated heterocycles. The van der Waals surface area contributed by atoms with E-state index in [0.29, 0.717) is 12.8 Å². The molecule has 1 unspecified atom stereocenters. The summed E-state index contributed by atoms with van der Waals surface area (Å²) in [6, 6.07) is 10.2. The molecule has 0 aromatic heterocycles. The Bertz CT molecular complexity index is 376. The number of carbonyl (C=O) groups is 1. The van der Waals surface area contributed by atoms with Crippen molar-refractivity contribution in [2.24, 2.45) is 5.92 Å². The number of unbranched alkanes of at least 4 members (excludes halogenated alkanes) is 1. The second-order valence-electron chi connectivity index (χ2n) is 4.17. The zero-order valence-corrected chi connectivity index (χ0v) is 9.93. The van der Waals surface area contributed by atoms with Crippen LogP contribution in [-0.2, 0) is 11.2 Å². The predicted molar refractivity (Wildman–Crippen MR) is 68.6 cm³/mol. The first-order chi connectivity index (χ1) is 8.24. The summed E-state index contributed by atoms with van der Waals surface area (Å²) in [4.78, 5) is 10.9. The first kappa shape index (κ1) is 13.3. The smallest absolute Gasteiger partial charge is 0.307 e. The van der Waals surface area contributed by atoms with Crippen LogP contribution in [0.4, 0.5) is 0 Å². The van der Waals surface area contributed by atoms with Crippen LogP contribution in [0.5, 0.6) is 0 Å². The minimum atomic E-state index is -0.775. The van der Waals surface area contributed by atoms with Crippen LogP contribution in [0.2, 0.25) is 0 Å². The molecule has 1 atom stereocenters. The van der Waals surface area contributed by atoms with Crippen LogP contribution in [-0.4, -0.2) is 11.1 Å². The number of aliphatic carboxylic acids is 1. The van der Waals surface area contributed by atoms with Gasteiger partial charge in [-0.15, -0.1) is 12.3 Å². The van der Waals surface area contributed by atoms with Gasteiger partial charge < -0.3 is 5.11 Å². The third-order valence-corrected chi connectivity index (χ3v) is 2.82. The van der Waals surface area contributed by atoms with Crippen LogP contribution in [0.3, 0.4) is 0 Å². The number of hydrogen-bond acceptors (Lipinski definition) is 1. The Morgan fingerprint density at radius 3 is 2.59 bits per heavy atom. The van der Waals surface area contributed by atoms with E-state index in [1.54, 1.807) is 0 Å². The molecule has 0 radical (unpaired) electrons. The zero-order chi connectivity index (χ0) is 12.5. The van der Waals surface area contributed by atoms with E-state index in [2.05, 4.69) is 18.1 Å². The van der Waals surface area contributed by atoms with Crippen LogP contribution < -0.4 is 0 Å². The van der Waals surface area contributed by atoms with Crippen molar-refractivity contribution in [1.82, 2.24) is 0 Å². The van der Waals surface area contributed by atoms with E-state index in [-0.39, 0.29) is 5.92 Å². The highest BCUT2D eigenvalue weighted by atomic mass is 16.4. The van der Waals surface area contributed by atoms with Crippen LogP contribution in [0.15, 0.2) is 30.3 Å². The number of aryl methyl sites for hydroxylation is 1. The molecule has 0 aliphatic heterocycles. The van der Waals surface area contributed by atoms with Gasteiger partial charge in [-0.1, -0.05) is 36.8 Å². The van der Waals surface area contributed by atoms with Crippen molar-refractivity contribution < 1.29 is 9.90 Å². The highest BCUT2D eigenvalue weighted by Gasteiger charge is 2.15. The molecule has 0 fully saturated rings. The highest BCUT2D eigenvalue weighted by molar-refractivity contribution is 5.70. The van der Waals surface area contributed by atoms with Gasteiger partial charge in [-0.25, -0.2) is 0 Å². The Morgan fingerprint density at radius 2 is 2.00 bits per heavy atom. The summed E-state index contributed by atoms with van der Waals surface area (Å²) in [6.07, 6.45) is 9.08. The summed E-state index contributed by atoms with van der Waals surface area (Å²) < 4.78 is 0. The summed E-state index contributed by atoms with van der Waals surface area (Å²) in [5, 5.41) is 8.93. The summed E-state index contributed by atoms with van der Waals surface area (Å²) in [7, 11) is 0. The van der Waals surface area contributed by atoms with E-state index in [9.17, 15) is 4.79 Å². The van der Waals surface area contributed by atoms with Crippen molar-refractivity contribution in [3.05, 3.63) is 35.9 Å². The van der Waals surface area contributed by atoms with Gasteiger partial charge in [0.1, 0.15) is 0 Å². The summed E-state index contributed by atoms with van der Waals surface area (Å²) in [6.45, 7) is 0. The Morgan fingerprint density at radius 1 is 1.29 bits per heavy atom. The summed E-state index contributed by atoms with van der Waals surface area (Å²) >= 11 is 0. The lowest BCUT2D eigenvalue weighted by atomic mass is 9.97. The topological polar surface area (TPSA) is 37.3 Å². The SMILES string of the molecule is C#CCC(CCCCc1ccccc1)C(=O)O. The maximum atomic E-state index is 10.9. The minimum Gasteiger partial charge on any atom is -0.481 e. The third-order valence-electron chi connectivity index (χ3n) is 2.82. The minimum absolute atomic E-state index is 0.334. The van der Waals surface area contributed by atoms with Crippen molar-refractivity contribution in [3.63, 3.8) is 0 Å². The van der Waals surface area contributed by atoms with Gasteiger partial charge >= 0.3 is 5.97 Å². The number of hydrogen-bond donors (Lipinski definition) is 1. The van der Waals surface area contributed by atoms with E-state index in [0.717, 1.165) is 19.3 Å². The quantitative estimate of drug-likeness (QED) is 0.577. The molecular weight excluding hydrogens is 212 g/mol. The third kappa shape index (κ3) is 5.21. The second-order valence-corrected chi connectivity index (χ2v) is 4.17. The van der Waals surface area contributed by atoms with E-state index >= 15 is 0 Å². The molecule has 1 rings (SSSR count). The summed E-state index contributed by atoms with van der Waals surface area (Å²) in [5.41, 5.74) is 1.30. The number of benzene rings is 1. The molecule has 0 bridgehead atoms. The molecule has 0 heterocycles. The Kier molecular flexibility index (Phi) is 5.88. The maximum Gasteiger partial charge on any atom is 0.307 e. The molecular formula is C15H18O2. The van der Waals surface area contributed by atoms with Crippen LogP contribution in [0, 0.1) is 18.3 Å². The van der Waals surface area contributed by atoms with Crippen molar-refractivity contribution in [3.8, 4) is 12.3 Å². The van der Waals surface area contributed by atoms with Crippen LogP contribution in [0.1, 0.15) is 31.2 Å². The molecule has 1 aromatic rings. The largest absolute Gasteiger partial charge is 0.481 e. The number of carboxylic acid groups (broad SMARTS) is 1. The van der Waals surface area contributed by atoms with Crippen LogP contribution in [0.25, 0.3) is 0 Å². The monoisotopic (exact) mass is 230 g/mol. The average molecular weight is 230 g/mol. The second kappa shape index (κ2) is 7.51. The van der Waals surface area contributed by atoms with Crippen molar-refractivity contribution >= 4 is 5.97 Å². The first-order valence-corrected chi connectivity index (χ1v) is 5.94. The molecule has 17 heavy (non-hydrogen) atoms. The lowest BCUT2D eigenvalue weighted by molar-refractivity contribution is -0.141. The molecule has 0 saturated carbocycles. The van der Waals surface area contributed by atoms with E-state index < -0.39 is 5.97 Å². The lowest BCUT2D eigenvalue weighted by Gasteiger charge is -2.08. The van der Waals surface area contributed by atoms with Crippen molar-refractivity contribution in [2.75, 3.05) is 0 Å². The molecule has 1 N–H and O–H groups in total. The van der Waals surface area contributed by atoms with Gasteiger partial charge in [0.15, 0.2) is 0 Å². The fraction of sp³-hybridized carbons (Fsp3) is 0.400. The lowest BCUT2D eigenvalue weighted by Crippen LogP contribution is -2.12. The molecule has 2 heteroatoms. The van der Waals surface area contributed by atoms with E-state index in [4.69, 9.17) is 11.5 Å². The maximum absolute atomic E-state index is 10.9. The zero-order valence-electron chi connectivity index (χ0n) is 9.93. The standard InChI is InChI=1S/C15H18O2/c1-2-8-14(15(16)17)12-7-6-11-13-9-4-3-5-10-13/h1,3-5,9-10,14H,6-8,11-12H2,(H,16,17). The van der Waals surface area contributed by atoms with Crippen LogP contribution >= 0.6 is 0 Å². The van der Waals surface area contributed by atoms with Gasteiger partial charge in [-0.05, 0) is 24.8 Å². The number of terminal acetylenes is 1. The molecule has 0 aliphatic rings. The van der Waals surface area contributed by atoms with E-state index in [1.165, 1.54) is 5.56 Å². The van der Waals surface area contributed by atoms with Gasteiger partial charge in [0.2, 0.25) is 0 Å². The molecule has 0 spiro atoms. The fourth-order valence-electron chi connectivity index (χ4n) is 1.82. The molecule has 0 aliphatic carbocycles. The van der Waals surface area contributed by atoms with Crippen molar-refractivity contribution in [1.29, 1.82) is 0 Å². The molecule has 0 amide bonds. The summed E-state index contributed by atoms with van der Waals surface area (Å²) in [5.74, 6) is 1.27. The van der Waals surface area contributed by atoms with Gasteiger partial charge in [0.05, 0.1) is 5.92 Å². The highest BCUT2D eigenvalue weighted by Crippen LogP contribution is 2.14. The number of rotatable bonds is 7. The number of carboxylic acids is 1. The van der Waals surface area contributed by atoms with Gasteiger partial charge in [0.25, 0.3) is 0 Å². The Balaban J connectivity index is 2.23. The predicted octanol–water partition coefficient (Wildman–Crippen LogP) is 3.12. The normalized spacial score (nSPS) is 11.7. The Labute approximate surface area is 103 Å². The van der Waals surface area contributed by atoms with Gasteiger partial charge in [-0.3, -0.25) is 4.79 Å². The van der Waals surface area contributed by atoms with E-state index in [1.807, 2.05) is 18.2 Å². The Hall–Kier alpha value is -1.75. The van der Waals surface area contributed by atoms with Crippen molar-refractivity contribution in [2.45, 2.75) is 32.1 Å². The van der Waals surface area contributed by atoms with Gasteiger partial charge in [-0.2, -0.15) is 0 Å². The molecule has 2 nitrogen and oxygen atoms in total. The molecule has 90 valence electrons. The first-order valence-electron chi connectivity index (χ1n) is 5.94. The molecule has 1 aromatic carbocycles. The fourth-order valence-corrected chi connectivity index (χ4v) is 1.82. The average Bonchev–Trinajstić information content (AvgIpc) is 2.34.